The van der Waals surface area contributed by atoms with Gasteiger partial charge in [0.15, 0.2) is 5.58 Å². The van der Waals surface area contributed by atoms with Gasteiger partial charge in [0.1, 0.15) is 23.4 Å². The summed E-state index contributed by atoms with van der Waals surface area (Å²) in [6, 6.07) is 20.8. The number of oxazole rings is 1. The van der Waals surface area contributed by atoms with E-state index in [9.17, 15) is 19.2 Å². The number of nitrogens with one attached hydrogen (secondary N) is 6. The van der Waals surface area contributed by atoms with Crippen molar-refractivity contribution in [2.45, 2.75) is 64.1 Å². The Bertz CT molecular complexity index is 2320. The second-order valence-corrected chi connectivity index (χ2v) is 15.1. The van der Waals surface area contributed by atoms with E-state index >= 15 is 0 Å². The van der Waals surface area contributed by atoms with Crippen molar-refractivity contribution < 1.29 is 28.3 Å². The summed E-state index contributed by atoms with van der Waals surface area (Å²) in [6.45, 7) is 9.02. The van der Waals surface area contributed by atoms with Gasteiger partial charge in [0.05, 0.1) is 24.7 Å². The number of carbonyl (C=O) groups excluding carboxylic acids is 4. The Hall–Kier alpha value is -6.97. The summed E-state index contributed by atoms with van der Waals surface area (Å²) in [6.07, 6.45) is 6.75. The van der Waals surface area contributed by atoms with E-state index < -0.39 is 24.2 Å². The lowest BCUT2D eigenvalue weighted by Crippen LogP contribution is -2.53. The average Bonchev–Trinajstić information content (AvgIpc) is 4.06. The van der Waals surface area contributed by atoms with Gasteiger partial charge in [-0.05, 0) is 73.7 Å². The molecular weight excluding hydrogens is 777 g/mol. The van der Waals surface area contributed by atoms with E-state index in [1.807, 2.05) is 79.4 Å². The van der Waals surface area contributed by atoms with Crippen LogP contribution in [0, 0.1) is 5.92 Å². The summed E-state index contributed by atoms with van der Waals surface area (Å²) in [5.74, 6) is 0.815. The molecular formula is C45H54N10O6. The topological polar surface area (TPSA) is 208 Å². The Labute approximate surface area is 355 Å². The summed E-state index contributed by atoms with van der Waals surface area (Å²) >= 11 is 0. The largest absolute Gasteiger partial charge is 0.453 e. The molecule has 0 bridgehead atoms. The second-order valence-electron chi connectivity index (χ2n) is 15.1. The molecule has 1 aliphatic rings. The van der Waals surface area contributed by atoms with E-state index in [0.29, 0.717) is 43.1 Å². The van der Waals surface area contributed by atoms with Crippen LogP contribution in [0.5, 0.6) is 0 Å². The fourth-order valence-electron chi connectivity index (χ4n) is 7.28. The number of H-pyrrole nitrogens is 1. The highest BCUT2D eigenvalue weighted by Gasteiger charge is 2.35. The number of unbranched alkanes of at least 4 members (excludes halogenated alkanes) is 1. The van der Waals surface area contributed by atoms with Gasteiger partial charge in [-0.2, -0.15) is 0 Å². The maximum Gasteiger partial charge on any atom is 0.407 e. The molecule has 3 aromatic carbocycles. The molecule has 1 aliphatic heterocycles. The van der Waals surface area contributed by atoms with E-state index in [2.05, 4.69) is 48.3 Å². The molecule has 1 fully saturated rings. The van der Waals surface area contributed by atoms with Crippen molar-refractivity contribution in [1.29, 1.82) is 0 Å². The number of methoxy groups -OCH3 is 1. The summed E-state index contributed by atoms with van der Waals surface area (Å²) in [4.78, 5) is 68.9. The Balaban J connectivity index is 1.02. The number of aryl methyl sites for hydroxylation is 1. The predicted octanol–water partition coefficient (Wildman–Crippen LogP) is 5.95. The van der Waals surface area contributed by atoms with Crippen molar-refractivity contribution in [2.24, 2.45) is 10.9 Å². The highest BCUT2D eigenvalue weighted by molar-refractivity contribution is 5.88. The Kier molecular flexibility index (Phi) is 14.9. The lowest BCUT2D eigenvalue weighted by atomic mass is 10.0. The van der Waals surface area contributed by atoms with Crippen LogP contribution in [0.2, 0.25) is 0 Å². The molecule has 320 valence electrons. The third-order valence-corrected chi connectivity index (χ3v) is 10.6. The van der Waals surface area contributed by atoms with Gasteiger partial charge in [-0.15, -0.1) is 0 Å². The third kappa shape index (κ3) is 11.2. The normalized spacial score (nSPS) is 14.9. The Morgan fingerprint density at radius 1 is 1.02 bits per heavy atom. The summed E-state index contributed by atoms with van der Waals surface area (Å²) in [5.41, 5.74) is 6.26. The van der Waals surface area contributed by atoms with Crippen LogP contribution < -0.4 is 26.6 Å². The molecule has 3 heterocycles. The molecule has 0 radical (unpaired) electrons. The Morgan fingerprint density at radius 3 is 2.51 bits per heavy atom. The number of hydrogen-bond acceptors (Lipinski definition) is 10. The first kappa shape index (κ1) is 43.6. The van der Waals surface area contributed by atoms with E-state index in [1.54, 1.807) is 24.5 Å². The van der Waals surface area contributed by atoms with Crippen molar-refractivity contribution in [2.75, 3.05) is 33.8 Å². The van der Waals surface area contributed by atoms with Gasteiger partial charge in [0, 0.05) is 56.5 Å². The number of rotatable bonds is 18. The number of alkyl carbamates (subject to hydrolysis) is 1. The summed E-state index contributed by atoms with van der Waals surface area (Å²) < 4.78 is 11.0. The van der Waals surface area contributed by atoms with Gasteiger partial charge >= 0.3 is 12.1 Å². The maximum atomic E-state index is 13.5. The number of aromatic nitrogens is 3. The fraction of sp³-hybridized carbons (Fsp3) is 0.356. The molecule has 16 nitrogen and oxygen atoms in total. The van der Waals surface area contributed by atoms with E-state index in [4.69, 9.17) is 14.1 Å². The Morgan fingerprint density at radius 2 is 1.79 bits per heavy atom. The molecule has 5 aromatic rings. The highest BCUT2D eigenvalue weighted by atomic mass is 16.5. The quantitative estimate of drug-likeness (QED) is 0.0455. The lowest BCUT2D eigenvalue weighted by molar-refractivity contribution is -0.135. The lowest BCUT2D eigenvalue weighted by Gasteiger charge is -2.31. The zero-order valence-corrected chi connectivity index (χ0v) is 35.0. The van der Waals surface area contributed by atoms with E-state index in [-0.39, 0.29) is 23.8 Å². The average molecular weight is 831 g/mol. The molecule has 2 aromatic heterocycles. The molecule has 6 N–H and O–H groups in total. The molecule has 16 heteroatoms. The maximum absolute atomic E-state index is 13.5. The fourth-order valence-corrected chi connectivity index (χ4v) is 7.28. The van der Waals surface area contributed by atoms with Crippen LogP contribution in [0.25, 0.3) is 39.5 Å². The van der Waals surface area contributed by atoms with Gasteiger partial charge in [-0.3, -0.25) is 14.6 Å². The number of carbonyl (C=O) groups is 4. The number of hydrogen-bond donors (Lipinski definition) is 6. The molecule has 5 amide bonds. The van der Waals surface area contributed by atoms with Gasteiger partial charge in [-0.25, -0.2) is 19.6 Å². The molecule has 61 heavy (non-hydrogen) atoms. The number of likely N-dealkylation sites (tertiary alicyclic amines) is 1. The molecule has 0 aliphatic carbocycles. The second kappa shape index (κ2) is 20.8. The van der Waals surface area contributed by atoms with Crippen LogP contribution >= 0.6 is 0 Å². The van der Waals surface area contributed by atoms with Gasteiger partial charge in [-0.1, -0.05) is 62.4 Å². The summed E-state index contributed by atoms with van der Waals surface area (Å²) in [5, 5.41) is 14.3. The van der Waals surface area contributed by atoms with Gasteiger partial charge in [0.2, 0.25) is 17.7 Å². The van der Waals surface area contributed by atoms with Crippen LogP contribution in [0.1, 0.15) is 62.5 Å². The van der Waals surface area contributed by atoms with Crippen LogP contribution in [0.3, 0.4) is 0 Å². The van der Waals surface area contributed by atoms with E-state index in [0.717, 1.165) is 65.1 Å². The minimum atomic E-state index is -0.796. The number of urea groups is 1. The minimum Gasteiger partial charge on any atom is -0.453 e. The van der Waals surface area contributed by atoms with Crippen LogP contribution in [-0.4, -0.2) is 96.4 Å². The number of aromatic amines is 1. The number of ether oxygens (including phenoxy) is 1. The van der Waals surface area contributed by atoms with Gasteiger partial charge < -0.3 is 45.6 Å². The van der Waals surface area contributed by atoms with E-state index in [1.165, 1.54) is 14.2 Å². The number of benzene rings is 3. The first-order valence-corrected chi connectivity index (χ1v) is 20.5. The van der Waals surface area contributed by atoms with Crippen molar-refractivity contribution in [1.82, 2.24) is 46.4 Å². The van der Waals surface area contributed by atoms with Crippen molar-refractivity contribution in [3.8, 4) is 22.7 Å². The first-order chi connectivity index (χ1) is 29.6. The first-order valence-electron chi connectivity index (χ1n) is 20.5. The number of imidazole rings is 1. The standard InChI is InChI=1S/C45H54N10O6/c1-28(2)39(54-45(59)60-5)43(57)55-23-11-14-33(55)25-49-35(26-46-3)29-16-18-31(19-17-29)42-52-34-21-20-32(24-37(34)61-42)36-27-50-38(51-36)15-9-10-22-48-41(56)40(53-44(58)47-4)30-12-7-6-8-13-30/h6-8,12-13,16-21,24,26-28,33,39-40,49H,3,9-11,14-15,22-23,25H2,1-2,4-5H3,(H,48,56)(H,50,51)(H,54,59)(H2,47,53,58)/b35-26-. The molecule has 3 atom stereocenters. The highest BCUT2D eigenvalue weighted by Crippen LogP contribution is 2.29. The van der Waals surface area contributed by atoms with Gasteiger partial charge in [0.25, 0.3) is 0 Å². The summed E-state index contributed by atoms with van der Waals surface area (Å²) in [7, 11) is 2.79. The van der Waals surface area contributed by atoms with Crippen molar-refractivity contribution in [3.63, 3.8) is 0 Å². The van der Waals surface area contributed by atoms with Crippen LogP contribution in [-0.2, 0) is 20.7 Å². The molecule has 0 spiro atoms. The molecule has 6 rings (SSSR count). The smallest absolute Gasteiger partial charge is 0.407 e. The SMILES string of the molecule is C=N/C=C(\NCC1CCCN1C(=O)C(NC(=O)OC)C(C)C)c1ccc(-c2nc3ccc(-c4cnc(CCCCNC(=O)C(NC(=O)NC)c5ccccc5)[nH]4)cc3o2)cc1. The monoisotopic (exact) mass is 830 g/mol. The molecule has 0 saturated carbocycles. The predicted molar refractivity (Wildman–Crippen MR) is 234 cm³/mol. The molecule has 3 unspecified atom stereocenters. The van der Waals surface area contributed by atoms with Crippen molar-refractivity contribution >= 4 is 47.5 Å². The zero-order chi connectivity index (χ0) is 43.3. The van der Waals surface area contributed by atoms with Crippen molar-refractivity contribution in [3.05, 3.63) is 102 Å². The van der Waals surface area contributed by atoms with Crippen LogP contribution in [0.15, 0.2) is 94.6 Å². The molecule has 1 saturated heterocycles. The number of amides is 5. The minimum absolute atomic E-state index is 0.0644. The van der Waals surface area contributed by atoms with Crippen LogP contribution in [0.4, 0.5) is 9.59 Å². The zero-order valence-electron chi connectivity index (χ0n) is 35.0. The number of fused-ring (bicyclic) bond motifs is 1. The number of nitrogens with zero attached hydrogens (tertiary/aromatic N) is 4. The third-order valence-electron chi connectivity index (χ3n) is 10.6. The number of aliphatic imine (C=N–C) groups is 1.